The van der Waals surface area contributed by atoms with Crippen molar-refractivity contribution in [2.75, 3.05) is 52.6 Å². The fraction of sp³-hybridized carbons (Fsp3) is 0.591. The first-order chi connectivity index (χ1) is 14.3. The Morgan fingerprint density at radius 1 is 0.931 bits per heavy atom. The fourth-order valence-electron chi connectivity index (χ4n) is 4.62. The summed E-state index contributed by atoms with van der Waals surface area (Å²) in [7, 11) is 0. The number of amides is 2. The lowest BCUT2D eigenvalue weighted by molar-refractivity contribution is 0.0361. The molecule has 0 aliphatic carbocycles. The van der Waals surface area contributed by atoms with E-state index < -0.39 is 0 Å². The molecule has 2 amide bonds. The number of hydrogen-bond donors (Lipinski definition) is 0. The van der Waals surface area contributed by atoms with Gasteiger partial charge in [0.2, 0.25) is 0 Å². The molecule has 7 nitrogen and oxygen atoms in total. The van der Waals surface area contributed by atoms with Crippen LogP contribution in [-0.2, 0) is 9.47 Å². The van der Waals surface area contributed by atoms with Gasteiger partial charge in [-0.1, -0.05) is 6.07 Å². The molecule has 0 radical (unpaired) electrons. The Bertz CT molecular complexity index is 847. The van der Waals surface area contributed by atoms with Crippen molar-refractivity contribution in [2.24, 2.45) is 0 Å². The number of piperidine rings is 1. The minimum Gasteiger partial charge on any atom is -0.490 e. The Kier molecular flexibility index (Phi) is 5.33. The van der Waals surface area contributed by atoms with Crippen LogP contribution in [0.25, 0.3) is 10.9 Å². The molecular formula is C22H29N3O4. The Hall–Kier alpha value is -2.25. The molecule has 4 heterocycles. The molecule has 2 aromatic rings. The number of benzene rings is 1. The number of carbonyl (C=O) groups excluding carboxylic acids is 1. The first-order valence-corrected chi connectivity index (χ1v) is 10.7. The van der Waals surface area contributed by atoms with Gasteiger partial charge in [0.1, 0.15) is 11.9 Å². The van der Waals surface area contributed by atoms with E-state index in [0.717, 1.165) is 56.7 Å². The molecule has 0 N–H and O–H groups in total. The molecule has 7 heteroatoms. The third-order valence-electron chi connectivity index (χ3n) is 6.31. The molecule has 0 spiro atoms. The smallest absolute Gasteiger partial charge is 0.320 e. The molecule has 3 aliphatic rings. The number of fused-ring (bicyclic) bond motifs is 1. The summed E-state index contributed by atoms with van der Waals surface area (Å²) in [4.78, 5) is 16.5. The highest BCUT2D eigenvalue weighted by molar-refractivity contribution is 5.86. The second-order valence-corrected chi connectivity index (χ2v) is 8.12. The molecule has 1 aromatic carbocycles. The standard InChI is InChI=1S/C22H29N3O4/c26-22(24-11-14-27-15-12-24)23-8-4-18(5-9-23)29-21-3-1-2-20-19(21)6-10-25(20)17-7-13-28-16-17/h1-3,6,10,17-18H,4-5,7-9,11-16H2. The molecule has 3 saturated heterocycles. The van der Waals surface area contributed by atoms with Gasteiger partial charge in [0.05, 0.1) is 31.4 Å². The van der Waals surface area contributed by atoms with E-state index in [1.54, 1.807) is 0 Å². The van der Waals surface area contributed by atoms with Crippen molar-refractivity contribution < 1.29 is 19.0 Å². The Morgan fingerprint density at radius 2 is 1.72 bits per heavy atom. The number of carbonyl (C=O) groups is 1. The number of rotatable bonds is 3. The zero-order valence-corrected chi connectivity index (χ0v) is 16.8. The second-order valence-electron chi connectivity index (χ2n) is 8.12. The first-order valence-electron chi connectivity index (χ1n) is 10.7. The van der Waals surface area contributed by atoms with Crippen LogP contribution in [0, 0.1) is 0 Å². The number of nitrogens with zero attached hydrogens (tertiary/aromatic N) is 3. The van der Waals surface area contributed by atoms with Crippen LogP contribution in [0.5, 0.6) is 5.75 Å². The number of likely N-dealkylation sites (tertiary alicyclic amines) is 1. The third kappa shape index (κ3) is 3.81. The van der Waals surface area contributed by atoms with Crippen molar-refractivity contribution >= 4 is 16.9 Å². The van der Waals surface area contributed by atoms with Crippen LogP contribution in [0.2, 0.25) is 0 Å². The molecule has 1 unspecified atom stereocenters. The topological polar surface area (TPSA) is 56.2 Å². The Labute approximate surface area is 171 Å². The highest BCUT2D eigenvalue weighted by Crippen LogP contribution is 2.32. The van der Waals surface area contributed by atoms with Gasteiger partial charge in [-0.2, -0.15) is 0 Å². The van der Waals surface area contributed by atoms with E-state index >= 15 is 0 Å². The molecule has 29 heavy (non-hydrogen) atoms. The summed E-state index contributed by atoms with van der Waals surface area (Å²) in [6.45, 7) is 5.78. The van der Waals surface area contributed by atoms with Crippen molar-refractivity contribution in [2.45, 2.75) is 31.4 Å². The average Bonchev–Trinajstić information content (AvgIpc) is 3.44. The number of hydrogen-bond acceptors (Lipinski definition) is 4. The predicted octanol–water partition coefficient (Wildman–Crippen LogP) is 2.90. The van der Waals surface area contributed by atoms with Crippen molar-refractivity contribution in [3.8, 4) is 5.75 Å². The van der Waals surface area contributed by atoms with Crippen LogP contribution in [0.4, 0.5) is 4.79 Å². The molecule has 3 aliphatic heterocycles. The molecule has 0 saturated carbocycles. The Morgan fingerprint density at radius 3 is 2.48 bits per heavy atom. The van der Waals surface area contributed by atoms with E-state index in [-0.39, 0.29) is 12.1 Å². The van der Waals surface area contributed by atoms with E-state index in [9.17, 15) is 4.79 Å². The summed E-state index contributed by atoms with van der Waals surface area (Å²) in [5, 5.41) is 1.16. The average molecular weight is 399 g/mol. The van der Waals surface area contributed by atoms with Crippen molar-refractivity contribution in [3.63, 3.8) is 0 Å². The lowest BCUT2D eigenvalue weighted by atomic mass is 10.1. The molecule has 156 valence electrons. The molecule has 5 rings (SSSR count). The van der Waals surface area contributed by atoms with E-state index in [4.69, 9.17) is 14.2 Å². The summed E-state index contributed by atoms with van der Waals surface area (Å²) in [6.07, 6.45) is 5.09. The van der Waals surface area contributed by atoms with Crippen LogP contribution >= 0.6 is 0 Å². The molecule has 1 atom stereocenters. The summed E-state index contributed by atoms with van der Waals surface area (Å²) >= 11 is 0. The third-order valence-corrected chi connectivity index (χ3v) is 6.31. The zero-order chi connectivity index (χ0) is 19.6. The van der Waals surface area contributed by atoms with Gasteiger partial charge in [-0.05, 0) is 24.6 Å². The number of ether oxygens (including phenoxy) is 3. The summed E-state index contributed by atoms with van der Waals surface area (Å²) in [5.41, 5.74) is 1.21. The van der Waals surface area contributed by atoms with Gasteiger partial charge >= 0.3 is 6.03 Å². The van der Waals surface area contributed by atoms with Gasteiger partial charge < -0.3 is 28.6 Å². The summed E-state index contributed by atoms with van der Waals surface area (Å²) < 4.78 is 19.6. The molecule has 3 fully saturated rings. The molecule has 1 aromatic heterocycles. The maximum Gasteiger partial charge on any atom is 0.320 e. The normalized spacial score (nSPS) is 23.7. The van der Waals surface area contributed by atoms with E-state index in [2.05, 4.69) is 35.0 Å². The second kappa shape index (κ2) is 8.24. The minimum atomic E-state index is 0.143. The SMILES string of the molecule is O=C(N1CCOCC1)N1CCC(Oc2cccc3c2ccn3C2CCOC2)CC1. The van der Waals surface area contributed by atoms with Crippen molar-refractivity contribution in [1.29, 1.82) is 0 Å². The Balaban J connectivity index is 1.22. The first kappa shape index (κ1) is 18.8. The van der Waals surface area contributed by atoms with E-state index in [0.29, 0.717) is 32.3 Å². The van der Waals surface area contributed by atoms with E-state index in [1.165, 1.54) is 5.52 Å². The van der Waals surface area contributed by atoms with Crippen LogP contribution in [0.1, 0.15) is 25.3 Å². The minimum absolute atomic E-state index is 0.143. The lowest BCUT2D eigenvalue weighted by Crippen LogP contribution is -2.51. The van der Waals surface area contributed by atoms with Gasteiger partial charge in [0.25, 0.3) is 0 Å². The highest BCUT2D eigenvalue weighted by Gasteiger charge is 2.28. The van der Waals surface area contributed by atoms with Crippen LogP contribution in [0.15, 0.2) is 30.5 Å². The largest absolute Gasteiger partial charge is 0.490 e. The van der Waals surface area contributed by atoms with Crippen LogP contribution in [-0.4, -0.2) is 79.1 Å². The zero-order valence-electron chi connectivity index (χ0n) is 16.8. The van der Waals surface area contributed by atoms with Crippen LogP contribution < -0.4 is 4.74 Å². The van der Waals surface area contributed by atoms with Crippen LogP contribution in [0.3, 0.4) is 0 Å². The maximum atomic E-state index is 12.7. The predicted molar refractivity (Wildman–Crippen MR) is 109 cm³/mol. The van der Waals surface area contributed by atoms with Gasteiger partial charge in [-0.25, -0.2) is 4.79 Å². The van der Waals surface area contributed by atoms with Gasteiger partial charge in [-0.3, -0.25) is 0 Å². The van der Waals surface area contributed by atoms with Gasteiger partial charge in [-0.15, -0.1) is 0 Å². The molecular weight excluding hydrogens is 370 g/mol. The number of morpholine rings is 1. The number of aromatic nitrogens is 1. The summed E-state index contributed by atoms with van der Waals surface area (Å²) in [5.74, 6) is 0.943. The number of urea groups is 1. The van der Waals surface area contributed by atoms with E-state index in [1.807, 2.05) is 9.80 Å². The lowest BCUT2D eigenvalue weighted by Gasteiger charge is -2.37. The maximum absolute atomic E-state index is 12.7. The van der Waals surface area contributed by atoms with Crippen molar-refractivity contribution in [1.82, 2.24) is 14.4 Å². The molecule has 0 bridgehead atoms. The van der Waals surface area contributed by atoms with Gasteiger partial charge in [0, 0.05) is 57.2 Å². The quantitative estimate of drug-likeness (QED) is 0.796. The van der Waals surface area contributed by atoms with Gasteiger partial charge in [0.15, 0.2) is 0 Å². The highest BCUT2D eigenvalue weighted by atomic mass is 16.5. The fourth-order valence-corrected chi connectivity index (χ4v) is 4.62. The van der Waals surface area contributed by atoms with Crippen molar-refractivity contribution in [3.05, 3.63) is 30.5 Å². The summed E-state index contributed by atoms with van der Waals surface area (Å²) in [6, 6.07) is 9.00. The monoisotopic (exact) mass is 399 g/mol.